The van der Waals surface area contributed by atoms with Crippen LogP contribution in [0, 0.1) is 0 Å². The van der Waals surface area contributed by atoms with Crippen LogP contribution < -0.4 is 0 Å². The number of halogens is 1. The molecular formula is C16H10ClN3O. The Labute approximate surface area is 125 Å². The third-order valence-corrected chi connectivity index (χ3v) is 3.70. The van der Waals surface area contributed by atoms with Gasteiger partial charge in [-0.25, -0.2) is 0 Å². The molecule has 2 heterocycles. The van der Waals surface area contributed by atoms with E-state index in [-0.39, 0.29) is 5.88 Å². The fourth-order valence-corrected chi connectivity index (χ4v) is 2.59. The second-order valence-corrected chi connectivity index (χ2v) is 5.17. The Hall–Kier alpha value is -2.59. The lowest BCUT2D eigenvalue weighted by Gasteiger charge is -2.05. The molecule has 2 aromatic heterocycles. The van der Waals surface area contributed by atoms with E-state index in [0.29, 0.717) is 16.4 Å². The highest BCUT2D eigenvalue weighted by molar-refractivity contribution is 6.30. The van der Waals surface area contributed by atoms with Gasteiger partial charge in [-0.3, -0.25) is 9.38 Å². The van der Waals surface area contributed by atoms with E-state index >= 15 is 0 Å². The van der Waals surface area contributed by atoms with Crippen molar-refractivity contribution < 1.29 is 5.11 Å². The molecule has 0 saturated heterocycles. The van der Waals surface area contributed by atoms with Gasteiger partial charge in [-0.05, 0) is 36.4 Å². The summed E-state index contributed by atoms with van der Waals surface area (Å²) in [4.78, 5) is 8.62. The van der Waals surface area contributed by atoms with Crippen LogP contribution in [0.15, 0.2) is 54.7 Å². The summed E-state index contributed by atoms with van der Waals surface area (Å²) in [6.07, 6.45) is 1.63. The van der Waals surface area contributed by atoms with Gasteiger partial charge in [0, 0.05) is 10.6 Å². The van der Waals surface area contributed by atoms with E-state index in [2.05, 4.69) is 9.97 Å². The molecule has 0 atom stereocenters. The fraction of sp³-hybridized carbons (Fsp3) is 0. The highest BCUT2D eigenvalue weighted by Crippen LogP contribution is 2.30. The molecule has 2 aromatic carbocycles. The van der Waals surface area contributed by atoms with Gasteiger partial charge in [-0.15, -0.1) is 0 Å². The van der Waals surface area contributed by atoms with Crippen molar-refractivity contribution in [2.24, 2.45) is 0 Å². The molecular weight excluding hydrogens is 286 g/mol. The van der Waals surface area contributed by atoms with Crippen molar-refractivity contribution in [3.8, 4) is 17.3 Å². The number of hydrogen-bond acceptors (Lipinski definition) is 3. The van der Waals surface area contributed by atoms with Crippen molar-refractivity contribution in [2.75, 3.05) is 0 Å². The Bertz CT molecular complexity index is 961. The lowest BCUT2D eigenvalue weighted by atomic mass is 10.2. The summed E-state index contributed by atoms with van der Waals surface area (Å²) in [7, 11) is 0. The Morgan fingerprint density at radius 2 is 1.71 bits per heavy atom. The van der Waals surface area contributed by atoms with Crippen LogP contribution in [0.3, 0.4) is 0 Å². The lowest BCUT2D eigenvalue weighted by molar-refractivity contribution is 0.462. The molecule has 0 saturated carbocycles. The number of fused-ring (bicyclic) bond motifs is 3. The van der Waals surface area contributed by atoms with E-state index < -0.39 is 0 Å². The monoisotopic (exact) mass is 295 g/mol. The van der Waals surface area contributed by atoms with E-state index in [0.717, 1.165) is 16.6 Å². The topological polar surface area (TPSA) is 50.4 Å². The maximum atomic E-state index is 10.1. The molecule has 0 radical (unpaired) electrons. The average molecular weight is 296 g/mol. The van der Waals surface area contributed by atoms with Crippen LogP contribution in [0.2, 0.25) is 5.02 Å². The number of aromatic nitrogens is 3. The van der Waals surface area contributed by atoms with Gasteiger partial charge in [0.1, 0.15) is 11.3 Å². The summed E-state index contributed by atoms with van der Waals surface area (Å²) < 4.78 is 1.90. The molecule has 4 nitrogen and oxygen atoms in total. The van der Waals surface area contributed by atoms with Crippen molar-refractivity contribution in [3.05, 3.63) is 59.8 Å². The van der Waals surface area contributed by atoms with Crippen LogP contribution in [0.25, 0.3) is 27.9 Å². The fourth-order valence-electron chi connectivity index (χ4n) is 2.47. The molecule has 0 fully saturated rings. The number of nitrogens with zero attached hydrogens (tertiary/aromatic N) is 3. The highest BCUT2D eigenvalue weighted by atomic mass is 35.5. The first kappa shape index (κ1) is 12.2. The quantitative estimate of drug-likeness (QED) is 0.579. The number of para-hydroxylation sites is 2. The van der Waals surface area contributed by atoms with E-state index in [4.69, 9.17) is 11.6 Å². The van der Waals surface area contributed by atoms with Crippen LogP contribution >= 0.6 is 11.6 Å². The number of hydrogen-bond donors (Lipinski definition) is 1. The molecule has 0 bridgehead atoms. The SMILES string of the molecule is Oc1nc(-c2ccc(Cl)cc2)n2c1cnc1ccccc12. The second kappa shape index (κ2) is 4.46. The Kier molecular flexibility index (Phi) is 2.59. The van der Waals surface area contributed by atoms with Crippen molar-refractivity contribution >= 4 is 28.2 Å². The predicted molar refractivity (Wildman–Crippen MR) is 82.6 cm³/mol. The van der Waals surface area contributed by atoms with Gasteiger partial charge in [0.2, 0.25) is 5.88 Å². The highest BCUT2D eigenvalue weighted by Gasteiger charge is 2.14. The van der Waals surface area contributed by atoms with Gasteiger partial charge < -0.3 is 5.11 Å². The molecule has 0 aliphatic rings. The second-order valence-electron chi connectivity index (χ2n) is 4.73. The number of aromatic hydroxyl groups is 1. The standard InChI is InChI=1S/C16H10ClN3O/c17-11-7-5-10(6-8-11)15-19-16(21)14-9-18-12-3-1-2-4-13(12)20(14)15/h1-9,21H. The molecule has 4 aromatic rings. The van der Waals surface area contributed by atoms with Crippen molar-refractivity contribution in [2.45, 2.75) is 0 Å². The van der Waals surface area contributed by atoms with Crippen LogP contribution in [0.5, 0.6) is 5.88 Å². The van der Waals surface area contributed by atoms with E-state index in [1.54, 1.807) is 18.3 Å². The molecule has 0 aliphatic carbocycles. The summed E-state index contributed by atoms with van der Waals surface area (Å²) in [6.45, 7) is 0. The molecule has 5 heteroatoms. The average Bonchev–Trinajstić information content (AvgIpc) is 2.86. The number of benzene rings is 2. The summed E-state index contributed by atoms with van der Waals surface area (Å²) in [5, 5.41) is 10.7. The first-order valence-corrected chi connectivity index (χ1v) is 6.83. The van der Waals surface area contributed by atoms with E-state index in [1.165, 1.54) is 0 Å². The molecule has 0 spiro atoms. The summed E-state index contributed by atoms with van der Waals surface area (Å²) in [5.41, 5.74) is 3.20. The summed E-state index contributed by atoms with van der Waals surface area (Å²) >= 11 is 5.93. The van der Waals surface area contributed by atoms with Crippen LogP contribution in [-0.2, 0) is 0 Å². The van der Waals surface area contributed by atoms with E-state index in [1.807, 2.05) is 40.8 Å². The first-order valence-electron chi connectivity index (χ1n) is 6.45. The van der Waals surface area contributed by atoms with Crippen LogP contribution in [0.4, 0.5) is 0 Å². The number of imidazole rings is 1. The maximum absolute atomic E-state index is 10.1. The Morgan fingerprint density at radius 3 is 2.52 bits per heavy atom. The van der Waals surface area contributed by atoms with Crippen molar-refractivity contribution in [1.29, 1.82) is 0 Å². The Balaban J connectivity index is 2.13. The predicted octanol–water partition coefficient (Wildman–Crippen LogP) is 3.91. The minimum atomic E-state index is -0.0294. The van der Waals surface area contributed by atoms with Gasteiger partial charge in [0.15, 0.2) is 0 Å². The molecule has 4 rings (SSSR count). The molecule has 0 amide bonds. The van der Waals surface area contributed by atoms with Gasteiger partial charge in [-0.2, -0.15) is 4.98 Å². The summed E-state index contributed by atoms with van der Waals surface area (Å²) in [6, 6.07) is 15.1. The van der Waals surface area contributed by atoms with Gasteiger partial charge in [-0.1, -0.05) is 23.7 Å². The Morgan fingerprint density at radius 1 is 0.952 bits per heavy atom. The van der Waals surface area contributed by atoms with Crippen LogP contribution in [-0.4, -0.2) is 19.5 Å². The maximum Gasteiger partial charge on any atom is 0.239 e. The zero-order valence-electron chi connectivity index (χ0n) is 10.9. The lowest BCUT2D eigenvalue weighted by Crippen LogP contribution is -1.93. The van der Waals surface area contributed by atoms with Crippen molar-refractivity contribution in [1.82, 2.24) is 14.4 Å². The minimum Gasteiger partial charge on any atom is -0.492 e. The van der Waals surface area contributed by atoms with E-state index in [9.17, 15) is 5.11 Å². The van der Waals surface area contributed by atoms with Gasteiger partial charge in [0.25, 0.3) is 0 Å². The van der Waals surface area contributed by atoms with Crippen molar-refractivity contribution in [3.63, 3.8) is 0 Å². The molecule has 21 heavy (non-hydrogen) atoms. The van der Waals surface area contributed by atoms with Crippen LogP contribution in [0.1, 0.15) is 0 Å². The zero-order chi connectivity index (χ0) is 14.4. The minimum absolute atomic E-state index is 0.0294. The largest absolute Gasteiger partial charge is 0.492 e. The third-order valence-electron chi connectivity index (χ3n) is 3.44. The molecule has 0 unspecified atom stereocenters. The summed E-state index contributed by atoms with van der Waals surface area (Å²) in [5.74, 6) is 0.635. The third kappa shape index (κ3) is 1.84. The molecule has 1 N–H and O–H groups in total. The first-order chi connectivity index (χ1) is 10.2. The van der Waals surface area contributed by atoms with Gasteiger partial charge in [0.05, 0.1) is 17.2 Å². The van der Waals surface area contributed by atoms with Gasteiger partial charge >= 0.3 is 0 Å². The number of rotatable bonds is 1. The zero-order valence-corrected chi connectivity index (χ0v) is 11.6. The normalized spacial score (nSPS) is 11.3. The smallest absolute Gasteiger partial charge is 0.239 e. The molecule has 0 aliphatic heterocycles. The molecule has 102 valence electrons.